The summed E-state index contributed by atoms with van der Waals surface area (Å²) < 4.78 is 25.9. The fraction of sp³-hybridized carbons (Fsp3) is 0.560. The minimum absolute atomic E-state index is 0.0962. The number of hydrogen-bond donors (Lipinski definition) is 1. The SMILES string of the molecule is C=C1C[C@H](OCc2ccc(OC)cc2)[C@@H](C)[C@@H]1[C@@H](O)[C@H]1[C@@H](OC(=O)C(=O)OC)[C@@H]1C(=O)OCC. The van der Waals surface area contributed by atoms with Crippen molar-refractivity contribution in [3.05, 3.63) is 42.0 Å². The molecular formula is C25H32O9. The van der Waals surface area contributed by atoms with Crippen molar-refractivity contribution in [1.29, 1.82) is 0 Å². The smallest absolute Gasteiger partial charge is 0.417 e. The Bertz CT molecular complexity index is 909. The Morgan fingerprint density at radius 2 is 1.82 bits per heavy atom. The third-order valence-electron chi connectivity index (χ3n) is 6.63. The molecule has 0 radical (unpaired) electrons. The fourth-order valence-electron chi connectivity index (χ4n) is 4.76. The molecule has 9 nitrogen and oxygen atoms in total. The van der Waals surface area contributed by atoms with E-state index in [1.54, 1.807) is 14.0 Å². The van der Waals surface area contributed by atoms with Crippen LogP contribution in [-0.4, -0.2) is 62.2 Å². The van der Waals surface area contributed by atoms with E-state index in [0.717, 1.165) is 24.0 Å². The second-order valence-electron chi connectivity index (χ2n) is 8.65. The molecule has 1 aromatic rings. The van der Waals surface area contributed by atoms with Gasteiger partial charge in [0, 0.05) is 11.8 Å². The number of aliphatic hydroxyl groups is 1. The summed E-state index contributed by atoms with van der Waals surface area (Å²) in [6.45, 7) is 8.28. The molecule has 7 atom stereocenters. The summed E-state index contributed by atoms with van der Waals surface area (Å²) in [4.78, 5) is 35.8. The number of aliphatic hydroxyl groups excluding tert-OH is 1. The van der Waals surface area contributed by atoms with Crippen molar-refractivity contribution in [2.75, 3.05) is 20.8 Å². The maximum Gasteiger partial charge on any atom is 0.417 e. The van der Waals surface area contributed by atoms with Crippen LogP contribution in [0.3, 0.4) is 0 Å². The Morgan fingerprint density at radius 1 is 1.15 bits per heavy atom. The van der Waals surface area contributed by atoms with Gasteiger partial charge in [-0.2, -0.15) is 0 Å². The predicted molar refractivity (Wildman–Crippen MR) is 119 cm³/mol. The van der Waals surface area contributed by atoms with E-state index in [1.807, 2.05) is 31.2 Å². The summed E-state index contributed by atoms with van der Waals surface area (Å²) in [5.41, 5.74) is 1.79. The molecule has 2 aliphatic rings. The molecule has 0 amide bonds. The van der Waals surface area contributed by atoms with Crippen molar-refractivity contribution < 1.29 is 43.2 Å². The summed E-state index contributed by atoms with van der Waals surface area (Å²) in [5, 5.41) is 11.2. The van der Waals surface area contributed by atoms with Crippen LogP contribution in [0.5, 0.6) is 5.75 Å². The number of carbonyl (C=O) groups is 3. The monoisotopic (exact) mass is 476 g/mol. The Hall–Kier alpha value is -2.91. The number of methoxy groups -OCH3 is 2. The second-order valence-corrected chi connectivity index (χ2v) is 8.65. The van der Waals surface area contributed by atoms with Crippen molar-refractivity contribution >= 4 is 17.9 Å². The van der Waals surface area contributed by atoms with Crippen LogP contribution in [0.4, 0.5) is 0 Å². The number of benzene rings is 1. The summed E-state index contributed by atoms with van der Waals surface area (Å²) in [7, 11) is 2.66. The number of ether oxygens (including phenoxy) is 5. The van der Waals surface area contributed by atoms with Crippen molar-refractivity contribution in [2.24, 2.45) is 23.7 Å². The first kappa shape index (κ1) is 25.7. The van der Waals surface area contributed by atoms with Crippen molar-refractivity contribution in [1.82, 2.24) is 0 Å². The summed E-state index contributed by atoms with van der Waals surface area (Å²) in [6, 6.07) is 7.57. The van der Waals surface area contributed by atoms with Crippen LogP contribution in [0.1, 0.15) is 25.8 Å². The van der Waals surface area contributed by atoms with Gasteiger partial charge in [0.25, 0.3) is 0 Å². The molecule has 2 fully saturated rings. The van der Waals surface area contributed by atoms with Crippen LogP contribution >= 0.6 is 0 Å². The average molecular weight is 477 g/mol. The molecule has 0 heterocycles. The summed E-state index contributed by atoms with van der Waals surface area (Å²) in [5.74, 6) is -4.25. The Labute approximate surface area is 199 Å². The molecule has 34 heavy (non-hydrogen) atoms. The first-order chi connectivity index (χ1) is 16.2. The van der Waals surface area contributed by atoms with E-state index in [0.29, 0.717) is 13.0 Å². The zero-order valence-electron chi connectivity index (χ0n) is 19.9. The molecule has 9 heteroatoms. The topological polar surface area (TPSA) is 118 Å². The summed E-state index contributed by atoms with van der Waals surface area (Å²) in [6.07, 6.45) is -1.62. The molecule has 186 valence electrons. The highest BCUT2D eigenvalue weighted by Gasteiger charge is 2.64. The van der Waals surface area contributed by atoms with Crippen LogP contribution in [0.15, 0.2) is 36.4 Å². The lowest BCUT2D eigenvalue weighted by atomic mass is 9.86. The van der Waals surface area contributed by atoms with E-state index in [2.05, 4.69) is 11.3 Å². The zero-order chi connectivity index (χ0) is 25.0. The maximum atomic E-state index is 12.4. The van der Waals surface area contributed by atoms with E-state index in [-0.39, 0.29) is 24.5 Å². The lowest BCUT2D eigenvalue weighted by Crippen LogP contribution is -2.31. The van der Waals surface area contributed by atoms with Gasteiger partial charge in [-0.25, -0.2) is 9.59 Å². The van der Waals surface area contributed by atoms with Crippen LogP contribution in [-0.2, 0) is 39.9 Å². The minimum atomic E-state index is -1.21. The Morgan fingerprint density at radius 3 is 2.41 bits per heavy atom. The maximum absolute atomic E-state index is 12.4. The Kier molecular flexibility index (Phi) is 8.33. The lowest BCUT2D eigenvalue weighted by molar-refractivity contribution is -0.168. The molecule has 0 spiro atoms. The van der Waals surface area contributed by atoms with Crippen molar-refractivity contribution in [3.63, 3.8) is 0 Å². The largest absolute Gasteiger partial charge is 0.497 e. The third kappa shape index (κ3) is 5.42. The number of hydrogen-bond acceptors (Lipinski definition) is 9. The van der Waals surface area contributed by atoms with Gasteiger partial charge >= 0.3 is 17.9 Å². The van der Waals surface area contributed by atoms with E-state index in [4.69, 9.17) is 18.9 Å². The first-order valence-electron chi connectivity index (χ1n) is 11.3. The van der Waals surface area contributed by atoms with Crippen LogP contribution in [0, 0.1) is 23.7 Å². The highest BCUT2D eigenvalue weighted by Crippen LogP contribution is 2.52. The highest BCUT2D eigenvalue weighted by molar-refractivity contribution is 6.29. The van der Waals surface area contributed by atoms with Crippen LogP contribution in [0.2, 0.25) is 0 Å². The molecule has 0 bridgehead atoms. The quantitative estimate of drug-likeness (QED) is 0.247. The predicted octanol–water partition coefficient (Wildman–Crippen LogP) is 2.05. The average Bonchev–Trinajstić information content (AvgIpc) is 3.47. The van der Waals surface area contributed by atoms with E-state index in [9.17, 15) is 19.5 Å². The standard InChI is InChI=1S/C25H32O9/c1-6-32-23(27)20-19(22(20)34-25(29)24(28)31-5)21(26)18-13(2)11-17(14(18)3)33-12-15-7-9-16(30-4)10-8-15/h7-10,14,17-22,26H,2,6,11-12H2,1,3-5H3/t14-,17+,18-,19+,20-,21-,22-/m1/s1. The van der Waals surface area contributed by atoms with Crippen LogP contribution in [0.25, 0.3) is 0 Å². The molecular weight excluding hydrogens is 444 g/mol. The molecule has 0 aliphatic heterocycles. The molecule has 1 N–H and O–H groups in total. The highest BCUT2D eigenvalue weighted by atomic mass is 16.6. The van der Waals surface area contributed by atoms with Gasteiger partial charge in [0.15, 0.2) is 0 Å². The number of esters is 3. The first-order valence-corrected chi connectivity index (χ1v) is 11.3. The summed E-state index contributed by atoms with van der Waals surface area (Å²) >= 11 is 0. The minimum Gasteiger partial charge on any atom is -0.497 e. The van der Waals surface area contributed by atoms with Gasteiger partial charge in [0.2, 0.25) is 0 Å². The van der Waals surface area contributed by atoms with Gasteiger partial charge in [0.1, 0.15) is 17.8 Å². The molecule has 2 saturated carbocycles. The molecule has 0 unspecified atom stereocenters. The van der Waals surface area contributed by atoms with Crippen molar-refractivity contribution in [3.8, 4) is 5.75 Å². The van der Waals surface area contributed by atoms with Gasteiger partial charge in [-0.3, -0.25) is 4.79 Å². The lowest BCUT2D eigenvalue weighted by Gasteiger charge is -2.26. The normalized spacial score (nSPS) is 28.7. The number of rotatable bonds is 9. The fourth-order valence-corrected chi connectivity index (χ4v) is 4.76. The van der Waals surface area contributed by atoms with E-state index < -0.39 is 42.0 Å². The third-order valence-corrected chi connectivity index (χ3v) is 6.63. The molecule has 0 aromatic heterocycles. The van der Waals surface area contributed by atoms with E-state index in [1.165, 1.54) is 0 Å². The Balaban J connectivity index is 1.66. The van der Waals surface area contributed by atoms with E-state index >= 15 is 0 Å². The number of carbonyl (C=O) groups excluding carboxylic acids is 3. The van der Waals surface area contributed by atoms with Gasteiger partial charge in [0.05, 0.1) is 39.6 Å². The molecule has 1 aromatic carbocycles. The zero-order valence-corrected chi connectivity index (χ0v) is 19.9. The second kappa shape index (κ2) is 11.0. The van der Waals surface area contributed by atoms with Crippen LogP contribution < -0.4 is 4.74 Å². The van der Waals surface area contributed by atoms with Gasteiger partial charge in [-0.05, 0) is 37.0 Å². The molecule has 2 aliphatic carbocycles. The molecule has 3 rings (SSSR count). The van der Waals surface area contributed by atoms with Gasteiger partial charge in [-0.15, -0.1) is 0 Å². The van der Waals surface area contributed by atoms with Gasteiger partial charge in [-0.1, -0.05) is 31.2 Å². The molecule has 0 saturated heterocycles. The van der Waals surface area contributed by atoms with Gasteiger partial charge < -0.3 is 28.8 Å². The van der Waals surface area contributed by atoms with Crippen molar-refractivity contribution in [2.45, 2.75) is 45.2 Å².